The van der Waals surface area contributed by atoms with Crippen molar-refractivity contribution >= 4 is 17.7 Å². The number of rotatable bonds is 5. The van der Waals surface area contributed by atoms with Crippen LogP contribution >= 0.6 is 11.8 Å². The van der Waals surface area contributed by atoms with E-state index in [0.717, 1.165) is 12.0 Å². The van der Waals surface area contributed by atoms with Gasteiger partial charge in [-0.05, 0) is 30.4 Å². The minimum absolute atomic E-state index is 0.140. The van der Waals surface area contributed by atoms with Gasteiger partial charge in [0.25, 0.3) is 0 Å². The van der Waals surface area contributed by atoms with Crippen LogP contribution in [0.2, 0.25) is 0 Å². The molecule has 1 aliphatic heterocycles. The fourth-order valence-electron chi connectivity index (χ4n) is 2.44. The van der Waals surface area contributed by atoms with Crippen molar-refractivity contribution in [3.05, 3.63) is 35.6 Å². The third-order valence-electron chi connectivity index (χ3n) is 3.70. The molecule has 1 N–H and O–H groups in total. The molecule has 1 aromatic rings. The highest BCUT2D eigenvalue weighted by molar-refractivity contribution is 7.99. The molecule has 0 saturated carbocycles. The van der Waals surface area contributed by atoms with Gasteiger partial charge in [0.1, 0.15) is 12.0 Å². The summed E-state index contributed by atoms with van der Waals surface area (Å²) < 4.78 is 13.1. The Morgan fingerprint density at radius 3 is 2.60 bits per heavy atom. The Morgan fingerprint density at radius 2 is 2.05 bits per heavy atom. The van der Waals surface area contributed by atoms with Crippen molar-refractivity contribution in [1.82, 2.24) is 10.2 Å². The van der Waals surface area contributed by atoms with E-state index < -0.39 is 0 Å². The van der Waals surface area contributed by atoms with Crippen LogP contribution in [0.25, 0.3) is 0 Å². The second-order valence-corrected chi connectivity index (χ2v) is 6.39. The quantitative estimate of drug-likeness (QED) is 0.907. The van der Waals surface area contributed by atoms with Crippen molar-refractivity contribution in [2.45, 2.75) is 37.7 Å². The minimum Gasteiger partial charge on any atom is -0.320 e. The molecule has 0 radical (unpaired) electrons. The van der Waals surface area contributed by atoms with Gasteiger partial charge in [-0.3, -0.25) is 10.1 Å². The number of benzene rings is 1. The lowest BCUT2D eigenvalue weighted by atomic mass is 10.1. The zero-order valence-electron chi connectivity index (χ0n) is 12.1. The lowest BCUT2D eigenvalue weighted by molar-refractivity contribution is -0.130. The Morgan fingerprint density at radius 1 is 1.40 bits per heavy atom. The monoisotopic (exact) mass is 296 g/mol. The van der Waals surface area contributed by atoms with E-state index in [-0.39, 0.29) is 23.9 Å². The number of amides is 1. The van der Waals surface area contributed by atoms with E-state index in [1.165, 1.54) is 12.1 Å². The summed E-state index contributed by atoms with van der Waals surface area (Å²) in [4.78, 5) is 14.3. The number of halogens is 1. The van der Waals surface area contributed by atoms with E-state index in [1.54, 1.807) is 23.9 Å². The summed E-state index contributed by atoms with van der Waals surface area (Å²) >= 11 is 1.74. The summed E-state index contributed by atoms with van der Waals surface area (Å²) in [5.74, 6) is -0.114. The molecule has 3 unspecified atom stereocenters. The van der Waals surface area contributed by atoms with E-state index in [2.05, 4.69) is 12.2 Å². The second kappa shape index (κ2) is 6.59. The maximum atomic E-state index is 13.1. The number of carbonyl (C=O) groups is 1. The molecule has 1 fully saturated rings. The molecule has 20 heavy (non-hydrogen) atoms. The Labute approximate surface area is 123 Å². The van der Waals surface area contributed by atoms with Crippen LogP contribution < -0.4 is 5.32 Å². The maximum Gasteiger partial charge on any atom is 0.241 e. The number of thioether (sulfide) groups is 1. The van der Waals surface area contributed by atoms with Crippen molar-refractivity contribution in [2.24, 2.45) is 0 Å². The standard InChI is InChI=1S/C15H21FN2OS/c1-4-13-15(19)18(9-10(2)20-3)14(17-13)11-5-7-12(16)8-6-11/h5-8,10,13-14,17H,4,9H2,1-3H3. The topological polar surface area (TPSA) is 32.3 Å². The molecule has 3 nitrogen and oxygen atoms in total. The van der Waals surface area contributed by atoms with Crippen LogP contribution in [-0.2, 0) is 4.79 Å². The fraction of sp³-hybridized carbons (Fsp3) is 0.533. The first-order valence-corrected chi connectivity index (χ1v) is 8.20. The SMILES string of the molecule is CCC1NC(c2ccc(F)cc2)N(CC(C)SC)C1=O. The zero-order chi connectivity index (χ0) is 14.7. The Bertz CT molecular complexity index is 465. The van der Waals surface area contributed by atoms with Crippen LogP contribution in [0.3, 0.4) is 0 Å². The second-order valence-electron chi connectivity index (χ2n) is 5.12. The Hall–Kier alpha value is -1.07. The normalized spacial score (nSPS) is 24.2. The smallest absolute Gasteiger partial charge is 0.241 e. The third kappa shape index (κ3) is 3.15. The van der Waals surface area contributed by atoms with Crippen LogP contribution in [0.15, 0.2) is 24.3 Å². The zero-order valence-corrected chi connectivity index (χ0v) is 12.9. The molecule has 5 heteroatoms. The molecule has 1 heterocycles. The van der Waals surface area contributed by atoms with Gasteiger partial charge in [-0.2, -0.15) is 11.8 Å². The lowest BCUT2D eigenvalue weighted by Crippen LogP contribution is -2.35. The van der Waals surface area contributed by atoms with Crippen molar-refractivity contribution in [3.63, 3.8) is 0 Å². The number of nitrogens with zero attached hydrogens (tertiary/aromatic N) is 1. The van der Waals surface area contributed by atoms with Gasteiger partial charge in [0.15, 0.2) is 0 Å². The predicted molar refractivity (Wildman–Crippen MR) is 81.0 cm³/mol. The first-order chi connectivity index (χ1) is 9.56. The molecule has 0 aliphatic carbocycles. The van der Waals surface area contributed by atoms with Crippen LogP contribution in [0.5, 0.6) is 0 Å². The molecule has 3 atom stereocenters. The van der Waals surface area contributed by atoms with Gasteiger partial charge in [-0.15, -0.1) is 0 Å². The summed E-state index contributed by atoms with van der Waals surface area (Å²) in [7, 11) is 0. The average Bonchev–Trinajstić information content (AvgIpc) is 2.76. The molecule has 1 amide bonds. The molecule has 1 aliphatic rings. The van der Waals surface area contributed by atoms with E-state index in [1.807, 2.05) is 18.1 Å². The first kappa shape index (κ1) is 15.3. The van der Waals surface area contributed by atoms with Crippen LogP contribution in [0, 0.1) is 5.82 Å². The molecule has 110 valence electrons. The summed E-state index contributed by atoms with van der Waals surface area (Å²) in [6, 6.07) is 6.23. The first-order valence-electron chi connectivity index (χ1n) is 6.91. The van der Waals surface area contributed by atoms with Crippen molar-refractivity contribution in [3.8, 4) is 0 Å². The van der Waals surface area contributed by atoms with E-state index in [0.29, 0.717) is 11.8 Å². The summed E-state index contributed by atoms with van der Waals surface area (Å²) in [5.41, 5.74) is 0.934. The Kier molecular flexibility index (Phi) is 5.05. The fourth-order valence-corrected chi connectivity index (χ4v) is 2.75. The molecule has 2 rings (SSSR count). The molecular formula is C15H21FN2OS. The molecule has 0 bridgehead atoms. The summed E-state index contributed by atoms with van der Waals surface area (Å²) in [6.45, 7) is 4.81. The highest BCUT2D eigenvalue weighted by Gasteiger charge is 2.38. The number of nitrogens with one attached hydrogen (secondary N) is 1. The van der Waals surface area contributed by atoms with Crippen LogP contribution in [0.4, 0.5) is 4.39 Å². The van der Waals surface area contributed by atoms with Crippen molar-refractivity contribution in [1.29, 1.82) is 0 Å². The number of hydrogen-bond donors (Lipinski definition) is 1. The van der Waals surface area contributed by atoms with Crippen LogP contribution in [-0.4, -0.2) is 34.9 Å². The molecule has 0 spiro atoms. The van der Waals surface area contributed by atoms with Crippen molar-refractivity contribution in [2.75, 3.05) is 12.8 Å². The van der Waals surface area contributed by atoms with E-state index in [4.69, 9.17) is 0 Å². The van der Waals surface area contributed by atoms with Gasteiger partial charge in [-0.25, -0.2) is 4.39 Å². The largest absolute Gasteiger partial charge is 0.320 e. The van der Waals surface area contributed by atoms with Crippen molar-refractivity contribution < 1.29 is 9.18 Å². The number of carbonyl (C=O) groups excluding carboxylic acids is 1. The van der Waals surface area contributed by atoms with Gasteiger partial charge in [-0.1, -0.05) is 26.0 Å². The Balaban J connectivity index is 2.23. The third-order valence-corrected chi connectivity index (χ3v) is 4.66. The average molecular weight is 296 g/mol. The van der Waals surface area contributed by atoms with Gasteiger partial charge < -0.3 is 4.90 Å². The molecule has 1 saturated heterocycles. The highest BCUT2D eigenvalue weighted by Crippen LogP contribution is 2.28. The van der Waals surface area contributed by atoms with Gasteiger partial charge in [0.05, 0.1) is 6.04 Å². The molecular weight excluding hydrogens is 275 g/mol. The van der Waals surface area contributed by atoms with Gasteiger partial charge in [0.2, 0.25) is 5.91 Å². The summed E-state index contributed by atoms with van der Waals surface area (Å²) in [6.07, 6.45) is 2.66. The number of hydrogen-bond acceptors (Lipinski definition) is 3. The van der Waals surface area contributed by atoms with Crippen LogP contribution in [0.1, 0.15) is 32.0 Å². The van der Waals surface area contributed by atoms with Gasteiger partial charge in [0, 0.05) is 11.8 Å². The van der Waals surface area contributed by atoms with E-state index in [9.17, 15) is 9.18 Å². The van der Waals surface area contributed by atoms with E-state index >= 15 is 0 Å². The van der Waals surface area contributed by atoms with Gasteiger partial charge >= 0.3 is 0 Å². The summed E-state index contributed by atoms with van der Waals surface area (Å²) in [5, 5.41) is 3.72. The highest BCUT2D eigenvalue weighted by atomic mass is 32.2. The predicted octanol–water partition coefficient (Wildman–Crippen LogP) is 2.79. The molecule has 0 aromatic heterocycles. The molecule has 1 aromatic carbocycles. The minimum atomic E-state index is -0.255. The lowest BCUT2D eigenvalue weighted by Gasteiger charge is -2.26. The maximum absolute atomic E-state index is 13.1.